The van der Waals surface area contributed by atoms with Crippen LogP contribution in [-0.4, -0.2) is 9.91 Å². The lowest BCUT2D eigenvalue weighted by molar-refractivity contribution is -0.386. The Balaban J connectivity index is 2.44. The number of ether oxygens (including phenoxy) is 1. The summed E-state index contributed by atoms with van der Waals surface area (Å²) in [7, 11) is 0. The monoisotopic (exact) mass is 362 g/mol. The Kier molecular flexibility index (Phi) is 4.24. The van der Waals surface area contributed by atoms with Gasteiger partial charge in [-0.1, -0.05) is 29.3 Å². The van der Waals surface area contributed by atoms with Crippen LogP contribution in [0.15, 0.2) is 34.9 Å². The number of benzene rings is 1. The highest BCUT2D eigenvalue weighted by Crippen LogP contribution is 2.37. The molecule has 1 heterocycles. The van der Waals surface area contributed by atoms with Crippen LogP contribution in [0.25, 0.3) is 0 Å². The molecule has 8 heteroatoms. The molecular formula is C11H5BrCl2N2O3. The molecule has 0 saturated heterocycles. The number of hydrogen-bond acceptors (Lipinski definition) is 4. The normalized spacial score (nSPS) is 10.3. The average molecular weight is 364 g/mol. The topological polar surface area (TPSA) is 65.3 Å². The van der Waals surface area contributed by atoms with Crippen LogP contribution >= 0.6 is 39.1 Å². The van der Waals surface area contributed by atoms with E-state index in [1.54, 1.807) is 18.2 Å². The van der Waals surface area contributed by atoms with Gasteiger partial charge in [0.2, 0.25) is 0 Å². The van der Waals surface area contributed by atoms with Gasteiger partial charge in [0.15, 0.2) is 0 Å². The summed E-state index contributed by atoms with van der Waals surface area (Å²) in [6.07, 6.45) is 1.39. The standard InChI is InChI=1S/C11H5BrCl2N2O3/c12-6-4-8(16(17)18)11(15-5-6)19-9-3-1-2-7(13)10(9)14/h1-5H. The summed E-state index contributed by atoms with van der Waals surface area (Å²) >= 11 is 14.9. The first-order valence-corrected chi connectivity index (χ1v) is 6.45. The third-order valence-corrected chi connectivity index (χ3v) is 3.35. The third-order valence-electron chi connectivity index (χ3n) is 2.12. The fourth-order valence-electron chi connectivity index (χ4n) is 1.29. The molecule has 0 spiro atoms. The van der Waals surface area contributed by atoms with Crippen molar-refractivity contribution in [3.05, 3.63) is 55.1 Å². The smallest absolute Gasteiger partial charge is 0.332 e. The quantitative estimate of drug-likeness (QED) is 0.577. The first-order valence-electron chi connectivity index (χ1n) is 4.91. The number of aromatic nitrogens is 1. The van der Waals surface area contributed by atoms with Gasteiger partial charge in [-0.25, -0.2) is 4.98 Å². The minimum Gasteiger partial charge on any atom is -0.432 e. The van der Waals surface area contributed by atoms with E-state index in [0.717, 1.165) is 0 Å². The summed E-state index contributed by atoms with van der Waals surface area (Å²) in [6, 6.07) is 6.04. The third kappa shape index (κ3) is 3.15. The van der Waals surface area contributed by atoms with Crippen LogP contribution < -0.4 is 4.74 Å². The van der Waals surface area contributed by atoms with Crippen LogP contribution in [0, 0.1) is 10.1 Å². The van der Waals surface area contributed by atoms with Crippen molar-refractivity contribution >= 4 is 44.8 Å². The molecule has 0 aliphatic rings. The van der Waals surface area contributed by atoms with Crippen LogP contribution in [0.2, 0.25) is 10.0 Å². The van der Waals surface area contributed by atoms with Gasteiger partial charge in [0, 0.05) is 16.7 Å². The number of pyridine rings is 1. The van der Waals surface area contributed by atoms with Gasteiger partial charge < -0.3 is 4.74 Å². The summed E-state index contributed by atoms with van der Waals surface area (Å²) in [5.74, 6) is 0.0458. The van der Waals surface area contributed by atoms with Crippen molar-refractivity contribution in [2.24, 2.45) is 0 Å². The summed E-state index contributed by atoms with van der Waals surface area (Å²) in [4.78, 5) is 14.2. The minimum atomic E-state index is -0.592. The first kappa shape index (κ1) is 14.0. The van der Waals surface area contributed by atoms with Gasteiger partial charge >= 0.3 is 5.69 Å². The maximum atomic E-state index is 10.9. The summed E-state index contributed by atoms with van der Waals surface area (Å²) in [5, 5.41) is 11.4. The number of hydrogen-bond donors (Lipinski definition) is 0. The second kappa shape index (κ2) is 5.73. The van der Waals surface area contributed by atoms with E-state index in [4.69, 9.17) is 27.9 Å². The Labute approximate surface area is 126 Å². The summed E-state index contributed by atoms with van der Waals surface area (Å²) in [6.45, 7) is 0. The first-order chi connectivity index (χ1) is 8.99. The highest BCUT2D eigenvalue weighted by atomic mass is 79.9. The van der Waals surface area contributed by atoms with Crippen molar-refractivity contribution in [3.8, 4) is 11.6 Å². The van der Waals surface area contributed by atoms with E-state index in [-0.39, 0.29) is 22.3 Å². The predicted octanol–water partition coefficient (Wildman–Crippen LogP) is 4.85. The van der Waals surface area contributed by atoms with Crippen molar-refractivity contribution in [3.63, 3.8) is 0 Å². The van der Waals surface area contributed by atoms with E-state index in [9.17, 15) is 10.1 Å². The second-order valence-electron chi connectivity index (χ2n) is 3.39. The van der Waals surface area contributed by atoms with E-state index in [1.165, 1.54) is 12.3 Å². The van der Waals surface area contributed by atoms with E-state index in [2.05, 4.69) is 20.9 Å². The lowest BCUT2D eigenvalue weighted by atomic mass is 10.3. The van der Waals surface area contributed by atoms with Crippen LogP contribution in [0.1, 0.15) is 0 Å². The Morgan fingerprint density at radius 3 is 2.79 bits per heavy atom. The maximum Gasteiger partial charge on any atom is 0.332 e. The van der Waals surface area contributed by atoms with Gasteiger partial charge in [-0.15, -0.1) is 0 Å². The van der Waals surface area contributed by atoms with Gasteiger partial charge in [-0.3, -0.25) is 10.1 Å². The molecule has 0 unspecified atom stereocenters. The Morgan fingerprint density at radius 2 is 2.11 bits per heavy atom. The lowest BCUT2D eigenvalue weighted by Crippen LogP contribution is -1.96. The number of nitro groups is 1. The van der Waals surface area contributed by atoms with Crippen molar-refractivity contribution < 1.29 is 9.66 Å². The zero-order chi connectivity index (χ0) is 14.0. The van der Waals surface area contributed by atoms with Crippen molar-refractivity contribution in [1.29, 1.82) is 0 Å². The predicted molar refractivity (Wildman–Crippen MR) is 75.1 cm³/mol. The van der Waals surface area contributed by atoms with E-state index in [1.807, 2.05) is 0 Å². The molecule has 0 aliphatic heterocycles. The maximum absolute atomic E-state index is 10.9. The second-order valence-corrected chi connectivity index (χ2v) is 5.09. The molecule has 0 N–H and O–H groups in total. The largest absolute Gasteiger partial charge is 0.432 e. The van der Waals surface area contributed by atoms with Crippen LogP contribution in [0.4, 0.5) is 5.69 Å². The summed E-state index contributed by atoms with van der Waals surface area (Å²) in [5.41, 5.74) is -0.273. The van der Waals surface area contributed by atoms with E-state index < -0.39 is 4.92 Å². The molecule has 98 valence electrons. The van der Waals surface area contributed by atoms with Gasteiger partial charge in [-0.2, -0.15) is 0 Å². The molecule has 2 rings (SSSR count). The molecule has 0 saturated carbocycles. The molecule has 0 fully saturated rings. The van der Waals surface area contributed by atoms with Crippen LogP contribution in [-0.2, 0) is 0 Å². The SMILES string of the molecule is O=[N+]([O-])c1cc(Br)cnc1Oc1cccc(Cl)c1Cl. The molecule has 0 amide bonds. The highest BCUT2D eigenvalue weighted by Gasteiger charge is 2.19. The molecule has 0 radical (unpaired) electrons. The fraction of sp³-hybridized carbons (Fsp3) is 0. The van der Waals surface area contributed by atoms with Crippen molar-refractivity contribution in [1.82, 2.24) is 4.98 Å². The fourth-order valence-corrected chi connectivity index (χ4v) is 1.94. The molecule has 1 aromatic carbocycles. The van der Waals surface area contributed by atoms with Gasteiger partial charge in [0.05, 0.1) is 9.95 Å². The van der Waals surface area contributed by atoms with Gasteiger partial charge in [0.1, 0.15) is 10.8 Å². The number of halogens is 3. The van der Waals surface area contributed by atoms with Gasteiger partial charge in [0.25, 0.3) is 5.88 Å². The van der Waals surface area contributed by atoms with Crippen LogP contribution in [0.3, 0.4) is 0 Å². The zero-order valence-electron chi connectivity index (χ0n) is 9.14. The zero-order valence-corrected chi connectivity index (χ0v) is 12.2. The highest BCUT2D eigenvalue weighted by molar-refractivity contribution is 9.10. The molecular weight excluding hydrogens is 359 g/mol. The number of nitrogens with zero attached hydrogens (tertiary/aromatic N) is 2. The lowest BCUT2D eigenvalue weighted by Gasteiger charge is -2.07. The minimum absolute atomic E-state index is 0.155. The average Bonchev–Trinajstić information content (AvgIpc) is 2.36. The van der Waals surface area contributed by atoms with Crippen LogP contribution in [0.5, 0.6) is 11.6 Å². The molecule has 19 heavy (non-hydrogen) atoms. The molecule has 2 aromatic rings. The summed E-state index contributed by atoms with van der Waals surface area (Å²) < 4.78 is 5.82. The molecule has 0 bridgehead atoms. The Bertz CT molecular complexity index is 652. The van der Waals surface area contributed by atoms with Crippen molar-refractivity contribution in [2.45, 2.75) is 0 Å². The van der Waals surface area contributed by atoms with E-state index in [0.29, 0.717) is 9.50 Å². The Morgan fingerprint density at radius 1 is 1.37 bits per heavy atom. The van der Waals surface area contributed by atoms with Gasteiger partial charge in [-0.05, 0) is 28.1 Å². The molecule has 5 nitrogen and oxygen atoms in total. The van der Waals surface area contributed by atoms with E-state index >= 15 is 0 Å². The molecule has 1 aromatic heterocycles. The number of rotatable bonds is 3. The van der Waals surface area contributed by atoms with Crippen molar-refractivity contribution in [2.75, 3.05) is 0 Å². The molecule has 0 atom stereocenters. The molecule has 0 aliphatic carbocycles. The Hall–Kier alpha value is -1.37.